The molecule has 1 fully saturated rings. The molecular formula is C14H21N3. The molecule has 0 atom stereocenters. The fraction of sp³-hybridized carbons (Fsp3) is 0.500. The van der Waals surface area contributed by atoms with E-state index in [9.17, 15) is 0 Å². The third kappa shape index (κ3) is 4.67. The maximum Gasteiger partial charge on any atom is 0.0312 e. The largest absolute Gasteiger partial charge is 0.310 e. The Hall–Kier alpha value is -1.19. The number of aromatic nitrogens is 1. The van der Waals surface area contributed by atoms with Crippen molar-refractivity contribution in [1.82, 2.24) is 15.2 Å². The van der Waals surface area contributed by atoms with Gasteiger partial charge in [-0.25, -0.2) is 0 Å². The molecule has 0 unspecified atom stereocenters. The van der Waals surface area contributed by atoms with Crippen molar-refractivity contribution in [2.45, 2.75) is 25.4 Å². The summed E-state index contributed by atoms with van der Waals surface area (Å²) in [5.74, 6) is 0. The van der Waals surface area contributed by atoms with Crippen LogP contribution in [0.15, 0.2) is 36.7 Å². The molecule has 0 aliphatic heterocycles. The highest BCUT2D eigenvalue weighted by Gasteiger charge is 2.20. The van der Waals surface area contributed by atoms with Crippen molar-refractivity contribution < 1.29 is 0 Å². The van der Waals surface area contributed by atoms with Crippen LogP contribution in [0.5, 0.6) is 0 Å². The minimum Gasteiger partial charge on any atom is -0.310 e. The Labute approximate surface area is 104 Å². The van der Waals surface area contributed by atoms with Crippen LogP contribution in [0.2, 0.25) is 0 Å². The lowest BCUT2D eigenvalue weighted by molar-refractivity contribution is 0.351. The first kappa shape index (κ1) is 12.3. The van der Waals surface area contributed by atoms with Gasteiger partial charge in [-0.05, 0) is 37.1 Å². The average Bonchev–Trinajstić information content (AvgIpc) is 3.11. The summed E-state index contributed by atoms with van der Waals surface area (Å²) in [6.45, 7) is 6.93. The van der Waals surface area contributed by atoms with Crippen LogP contribution < -0.4 is 5.32 Å². The third-order valence-electron chi connectivity index (χ3n) is 2.89. The van der Waals surface area contributed by atoms with Crippen molar-refractivity contribution in [1.29, 1.82) is 0 Å². The monoisotopic (exact) mass is 231 g/mol. The second kappa shape index (κ2) is 5.94. The van der Waals surface area contributed by atoms with E-state index in [0.29, 0.717) is 0 Å². The molecule has 0 spiro atoms. The molecule has 1 N–H and O–H groups in total. The van der Waals surface area contributed by atoms with E-state index in [1.54, 1.807) is 0 Å². The maximum atomic E-state index is 4.12. The first-order chi connectivity index (χ1) is 8.24. The van der Waals surface area contributed by atoms with Gasteiger partial charge in [0.25, 0.3) is 0 Å². The van der Waals surface area contributed by atoms with Crippen molar-refractivity contribution in [3.05, 3.63) is 42.2 Å². The van der Waals surface area contributed by atoms with Crippen molar-refractivity contribution in [3.8, 4) is 0 Å². The normalized spacial score (nSPS) is 15.2. The Balaban J connectivity index is 1.68. The summed E-state index contributed by atoms with van der Waals surface area (Å²) in [4.78, 5) is 6.39. The molecule has 1 aromatic rings. The standard InChI is InChI=1S/C14H21N3/c1-12(8-16-14-5-6-14)10-17(2)11-13-4-3-7-15-9-13/h3-4,7,9,14,16H,1,5-6,8,10-11H2,2H3. The average molecular weight is 231 g/mol. The minimum atomic E-state index is 0.760. The van der Waals surface area contributed by atoms with Gasteiger partial charge in [-0.1, -0.05) is 12.6 Å². The molecule has 2 rings (SSSR count). The van der Waals surface area contributed by atoms with Crippen LogP contribution in [0.25, 0.3) is 0 Å². The topological polar surface area (TPSA) is 28.2 Å². The van der Waals surface area contributed by atoms with Crippen molar-refractivity contribution in [3.63, 3.8) is 0 Å². The van der Waals surface area contributed by atoms with E-state index < -0.39 is 0 Å². The van der Waals surface area contributed by atoms with Crippen LogP contribution in [0.4, 0.5) is 0 Å². The number of hydrogen-bond donors (Lipinski definition) is 1. The first-order valence-corrected chi connectivity index (χ1v) is 6.21. The Bertz CT molecular complexity index is 357. The molecule has 92 valence electrons. The van der Waals surface area contributed by atoms with Crippen LogP contribution >= 0.6 is 0 Å². The highest BCUT2D eigenvalue weighted by Crippen LogP contribution is 2.18. The van der Waals surface area contributed by atoms with Crippen LogP contribution in [-0.4, -0.2) is 36.1 Å². The van der Waals surface area contributed by atoms with Crippen LogP contribution in [0, 0.1) is 0 Å². The number of nitrogens with zero attached hydrogens (tertiary/aromatic N) is 2. The molecule has 0 bridgehead atoms. The number of nitrogens with one attached hydrogen (secondary N) is 1. The van der Waals surface area contributed by atoms with E-state index in [4.69, 9.17) is 0 Å². The number of likely N-dealkylation sites (N-methyl/N-ethyl adjacent to an activating group) is 1. The molecule has 1 heterocycles. The van der Waals surface area contributed by atoms with E-state index in [2.05, 4.69) is 34.9 Å². The fourth-order valence-corrected chi connectivity index (χ4v) is 1.87. The maximum absolute atomic E-state index is 4.12. The Kier molecular flexibility index (Phi) is 4.29. The summed E-state index contributed by atoms with van der Waals surface area (Å²) in [7, 11) is 2.12. The fourth-order valence-electron chi connectivity index (χ4n) is 1.87. The SMILES string of the molecule is C=C(CNC1CC1)CN(C)Cc1cccnc1. The summed E-state index contributed by atoms with van der Waals surface area (Å²) in [6, 6.07) is 4.84. The quantitative estimate of drug-likeness (QED) is 0.726. The molecule has 0 saturated heterocycles. The van der Waals surface area contributed by atoms with E-state index in [-0.39, 0.29) is 0 Å². The lowest BCUT2D eigenvalue weighted by Crippen LogP contribution is -2.26. The Morgan fingerprint density at radius 2 is 2.41 bits per heavy atom. The zero-order valence-electron chi connectivity index (χ0n) is 10.5. The van der Waals surface area contributed by atoms with Gasteiger partial charge >= 0.3 is 0 Å². The molecular weight excluding hydrogens is 210 g/mol. The van der Waals surface area contributed by atoms with Gasteiger partial charge in [0.1, 0.15) is 0 Å². The molecule has 1 saturated carbocycles. The molecule has 0 amide bonds. The summed E-state index contributed by atoms with van der Waals surface area (Å²) < 4.78 is 0. The summed E-state index contributed by atoms with van der Waals surface area (Å²) in [5, 5.41) is 3.49. The molecule has 17 heavy (non-hydrogen) atoms. The van der Waals surface area contributed by atoms with Gasteiger partial charge < -0.3 is 5.32 Å². The summed E-state index contributed by atoms with van der Waals surface area (Å²) in [5.41, 5.74) is 2.50. The predicted molar refractivity (Wildman–Crippen MR) is 70.7 cm³/mol. The van der Waals surface area contributed by atoms with Gasteiger partial charge in [0.2, 0.25) is 0 Å². The van der Waals surface area contributed by atoms with Gasteiger partial charge in [0.15, 0.2) is 0 Å². The zero-order chi connectivity index (χ0) is 12.1. The van der Waals surface area contributed by atoms with Crippen molar-refractivity contribution in [2.75, 3.05) is 20.1 Å². The van der Waals surface area contributed by atoms with Gasteiger partial charge in [-0.3, -0.25) is 9.88 Å². The second-order valence-electron chi connectivity index (χ2n) is 4.94. The van der Waals surface area contributed by atoms with Crippen molar-refractivity contribution in [2.24, 2.45) is 0 Å². The number of pyridine rings is 1. The highest BCUT2D eigenvalue weighted by molar-refractivity contribution is 5.09. The van der Waals surface area contributed by atoms with E-state index in [1.165, 1.54) is 24.0 Å². The predicted octanol–water partition coefficient (Wildman–Crippen LogP) is 1.82. The van der Waals surface area contributed by atoms with Crippen LogP contribution in [0.1, 0.15) is 18.4 Å². The molecule has 1 aromatic heterocycles. The lowest BCUT2D eigenvalue weighted by Gasteiger charge is -2.18. The highest BCUT2D eigenvalue weighted by atomic mass is 15.1. The lowest BCUT2D eigenvalue weighted by atomic mass is 10.2. The first-order valence-electron chi connectivity index (χ1n) is 6.21. The number of rotatable bonds is 7. The summed E-state index contributed by atoms with van der Waals surface area (Å²) >= 11 is 0. The second-order valence-corrected chi connectivity index (χ2v) is 4.94. The molecule has 0 aromatic carbocycles. The van der Waals surface area contributed by atoms with Gasteiger partial charge in [0, 0.05) is 38.1 Å². The van der Waals surface area contributed by atoms with E-state index in [0.717, 1.165) is 25.7 Å². The van der Waals surface area contributed by atoms with Crippen LogP contribution in [0.3, 0.4) is 0 Å². The molecule has 3 nitrogen and oxygen atoms in total. The number of hydrogen-bond acceptors (Lipinski definition) is 3. The Morgan fingerprint density at radius 3 is 3.06 bits per heavy atom. The van der Waals surface area contributed by atoms with Gasteiger partial charge in [-0.15, -0.1) is 0 Å². The Morgan fingerprint density at radius 1 is 1.59 bits per heavy atom. The van der Waals surface area contributed by atoms with Gasteiger partial charge in [0.05, 0.1) is 0 Å². The minimum absolute atomic E-state index is 0.760. The molecule has 0 radical (unpaired) electrons. The smallest absolute Gasteiger partial charge is 0.0312 e. The van der Waals surface area contributed by atoms with E-state index >= 15 is 0 Å². The summed E-state index contributed by atoms with van der Waals surface area (Å²) in [6.07, 6.45) is 6.39. The van der Waals surface area contributed by atoms with E-state index in [1.807, 2.05) is 18.5 Å². The zero-order valence-corrected chi connectivity index (χ0v) is 10.5. The van der Waals surface area contributed by atoms with Crippen LogP contribution in [-0.2, 0) is 6.54 Å². The molecule has 1 aliphatic rings. The molecule has 1 aliphatic carbocycles. The van der Waals surface area contributed by atoms with Gasteiger partial charge in [-0.2, -0.15) is 0 Å². The third-order valence-corrected chi connectivity index (χ3v) is 2.89. The molecule has 3 heteroatoms. The van der Waals surface area contributed by atoms with Crippen molar-refractivity contribution >= 4 is 0 Å².